The van der Waals surface area contributed by atoms with E-state index in [-0.39, 0.29) is 17.7 Å². The highest BCUT2D eigenvalue weighted by Gasteiger charge is 2.32. The summed E-state index contributed by atoms with van der Waals surface area (Å²) < 4.78 is 0. The Labute approximate surface area is 110 Å². The minimum absolute atomic E-state index is 0.0437. The topological polar surface area (TPSA) is 98.2 Å². The number of thiophene rings is 1. The maximum absolute atomic E-state index is 12.1. The van der Waals surface area contributed by atoms with Gasteiger partial charge in [-0.05, 0) is 36.8 Å². The van der Waals surface area contributed by atoms with Crippen molar-refractivity contribution in [2.45, 2.75) is 19.3 Å². The second-order valence-electron chi connectivity index (χ2n) is 4.55. The monoisotopic (exact) mass is 267 g/mol. The van der Waals surface area contributed by atoms with Gasteiger partial charge in [0.25, 0.3) is 5.91 Å². The molecule has 2 rings (SSSR count). The average Bonchev–Trinajstić information content (AvgIpc) is 2.96. The molecule has 98 valence electrons. The number of nitrogens with one attached hydrogen (secondary N) is 1. The van der Waals surface area contributed by atoms with Gasteiger partial charge in [-0.1, -0.05) is 6.42 Å². The van der Waals surface area contributed by atoms with Crippen LogP contribution in [0.4, 0.5) is 5.00 Å². The molecule has 0 aromatic carbocycles. The lowest BCUT2D eigenvalue weighted by Crippen LogP contribution is -2.30. The van der Waals surface area contributed by atoms with Gasteiger partial charge in [-0.15, -0.1) is 11.3 Å². The largest absolute Gasteiger partial charge is 0.366 e. The Bertz CT molecular complexity index is 458. The fourth-order valence-corrected chi connectivity index (χ4v) is 3.26. The van der Waals surface area contributed by atoms with E-state index >= 15 is 0 Å². The highest BCUT2D eigenvalue weighted by atomic mass is 32.1. The number of hydrogen-bond donors (Lipinski definition) is 3. The maximum Gasteiger partial charge on any atom is 0.251 e. The summed E-state index contributed by atoms with van der Waals surface area (Å²) in [5.74, 6) is -0.360. The van der Waals surface area contributed by atoms with E-state index in [0.717, 1.165) is 19.3 Å². The molecule has 1 heterocycles. The zero-order valence-electron chi connectivity index (χ0n) is 10.0. The standard InChI is InChI=1S/C12H17N3O2S/c13-6-7-2-1-3-8(7)11(17)15-12-9(10(14)16)4-5-18-12/h4-5,7-8H,1-3,6,13H2,(H2,14,16)(H,15,17). The molecule has 0 saturated heterocycles. The van der Waals surface area contributed by atoms with E-state index in [0.29, 0.717) is 17.1 Å². The molecule has 1 aliphatic carbocycles. The van der Waals surface area contributed by atoms with Crippen molar-refractivity contribution in [3.05, 3.63) is 17.0 Å². The Hall–Kier alpha value is -1.40. The Morgan fingerprint density at radius 2 is 2.22 bits per heavy atom. The van der Waals surface area contributed by atoms with Crippen molar-refractivity contribution in [2.24, 2.45) is 23.3 Å². The summed E-state index contributed by atoms with van der Waals surface area (Å²) in [6.45, 7) is 0.533. The summed E-state index contributed by atoms with van der Waals surface area (Å²) in [6, 6.07) is 1.62. The zero-order valence-corrected chi connectivity index (χ0v) is 10.8. The third-order valence-electron chi connectivity index (χ3n) is 3.47. The molecule has 0 radical (unpaired) electrons. The highest BCUT2D eigenvalue weighted by molar-refractivity contribution is 7.14. The summed E-state index contributed by atoms with van der Waals surface area (Å²) in [4.78, 5) is 23.3. The van der Waals surface area contributed by atoms with Gasteiger partial charge < -0.3 is 16.8 Å². The van der Waals surface area contributed by atoms with Gasteiger partial charge in [0.2, 0.25) is 5.91 Å². The van der Waals surface area contributed by atoms with Crippen LogP contribution < -0.4 is 16.8 Å². The number of primary amides is 1. The van der Waals surface area contributed by atoms with Crippen LogP contribution in [0, 0.1) is 11.8 Å². The highest BCUT2D eigenvalue weighted by Crippen LogP contribution is 2.33. The van der Waals surface area contributed by atoms with Crippen molar-refractivity contribution < 1.29 is 9.59 Å². The molecule has 0 aliphatic heterocycles. The van der Waals surface area contributed by atoms with E-state index in [1.165, 1.54) is 11.3 Å². The van der Waals surface area contributed by atoms with Crippen LogP contribution in [0.2, 0.25) is 0 Å². The van der Waals surface area contributed by atoms with Gasteiger partial charge >= 0.3 is 0 Å². The second kappa shape index (κ2) is 5.49. The van der Waals surface area contributed by atoms with E-state index in [1.807, 2.05) is 0 Å². The van der Waals surface area contributed by atoms with E-state index in [4.69, 9.17) is 11.5 Å². The van der Waals surface area contributed by atoms with Gasteiger partial charge in [-0.3, -0.25) is 9.59 Å². The molecule has 0 spiro atoms. The predicted octanol–water partition coefficient (Wildman–Crippen LogP) is 1.16. The third-order valence-corrected chi connectivity index (χ3v) is 4.30. The first-order valence-corrected chi connectivity index (χ1v) is 6.89. The molecule has 18 heavy (non-hydrogen) atoms. The SMILES string of the molecule is NCC1CCCC1C(=O)Nc1sccc1C(N)=O. The van der Waals surface area contributed by atoms with E-state index in [2.05, 4.69) is 5.32 Å². The molecule has 1 aromatic rings. The van der Waals surface area contributed by atoms with E-state index in [9.17, 15) is 9.59 Å². The lowest BCUT2D eigenvalue weighted by molar-refractivity contribution is -0.120. The van der Waals surface area contributed by atoms with Crippen LogP contribution in [0.5, 0.6) is 0 Å². The van der Waals surface area contributed by atoms with Crippen molar-refractivity contribution in [1.82, 2.24) is 0 Å². The lowest BCUT2D eigenvalue weighted by atomic mass is 9.95. The molecule has 1 aromatic heterocycles. The lowest BCUT2D eigenvalue weighted by Gasteiger charge is -2.17. The molecular formula is C12H17N3O2S. The summed E-state index contributed by atoms with van der Waals surface area (Å²) in [5.41, 5.74) is 11.3. The second-order valence-corrected chi connectivity index (χ2v) is 5.47. The first-order chi connectivity index (χ1) is 8.63. The first-order valence-electron chi connectivity index (χ1n) is 6.01. The summed E-state index contributed by atoms with van der Waals surface area (Å²) in [5, 5.41) is 5.08. The van der Waals surface area contributed by atoms with Gasteiger partial charge in [0.1, 0.15) is 5.00 Å². The van der Waals surface area contributed by atoms with Gasteiger partial charge in [0.05, 0.1) is 5.56 Å². The van der Waals surface area contributed by atoms with Crippen LogP contribution >= 0.6 is 11.3 Å². The normalized spacial score (nSPS) is 22.9. The Kier molecular flexibility index (Phi) is 3.98. The third kappa shape index (κ3) is 2.54. The molecule has 5 N–H and O–H groups in total. The molecular weight excluding hydrogens is 250 g/mol. The molecule has 1 saturated carbocycles. The van der Waals surface area contributed by atoms with Crippen molar-refractivity contribution in [3.8, 4) is 0 Å². The summed E-state index contributed by atoms with van der Waals surface area (Å²) >= 11 is 1.31. The number of amides is 2. The number of hydrogen-bond acceptors (Lipinski definition) is 4. The van der Waals surface area contributed by atoms with Crippen LogP contribution in [0.15, 0.2) is 11.4 Å². The molecule has 1 aliphatic rings. The first kappa shape index (κ1) is 13.0. The van der Waals surface area contributed by atoms with Crippen LogP contribution in [0.3, 0.4) is 0 Å². The van der Waals surface area contributed by atoms with Gasteiger partial charge in [0, 0.05) is 5.92 Å². The molecule has 2 unspecified atom stereocenters. The molecule has 5 nitrogen and oxygen atoms in total. The Balaban J connectivity index is 2.07. The van der Waals surface area contributed by atoms with Crippen LogP contribution in [0.25, 0.3) is 0 Å². The van der Waals surface area contributed by atoms with Gasteiger partial charge in [-0.25, -0.2) is 0 Å². The van der Waals surface area contributed by atoms with E-state index in [1.54, 1.807) is 11.4 Å². The van der Waals surface area contributed by atoms with Gasteiger partial charge in [-0.2, -0.15) is 0 Å². The maximum atomic E-state index is 12.1. The predicted molar refractivity (Wildman–Crippen MR) is 71.4 cm³/mol. The number of carbonyl (C=O) groups excluding carboxylic acids is 2. The molecule has 1 fully saturated rings. The van der Waals surface area contributed by atoms with Crippen molar-refractivity contribution in [1.29, 1.82) is 0 Å². The quantitative estimate of drug-likeness (QED) is 0.763. The van der Waals surface area contributed by atoms with E-state index < -0.39 is 5.91 Å². The van der Waals surface area contributed by atoms with Crippen molar-refractivity contribution in [2.75, 3.05) is 11.9 Å². The molecule has 2 amide bonds. The minimum Gasteiger partial charge on any atom is -0.366 e. The zero-order chi connectivity index (χ0) is 13.1. The van der Waals surface area contributed by atoms with Crippen molar-refractivity contribution in [3.63, 3.8) is 0 Å². The Morgan fingerprint density at radius 1 is 1.44 bits per heavy atom. The van der Waals surface area contributed by atoms with Crippen LogP contribution in [-0.4, -0.2) is 18.4 Å². The van der Waals surface area contributed by atoms with Crippen molar-refractivity contribution >= 4 is 28.2 Å². The minimum atomic E-state index is -0.520. The molecule has 6 heteroatoms. The fraction of sp³-hybridized carbons (Fsp3) is 0.500. The smallest absolute Gasteiger partial charge is 0.251 e. The van der Waals surface area contributed by atoms with Crippen LogP contribution in [0.1, 0.15) is 29.6 Å². The summed E-state index contributed by atoms with van der Waals surface area (Å²) in [7, 11) is 0. The van der Waals surface area contributed by atoms with Crippen LogP contribution in [-0.2, 0) is 4.79 Å². The average molecular weight is 267 g/mol. The Morgan fingerprint density at radius 3 is 2.89 bits per heavy atom. The fourth-order valence-electron chi connectivity index (χ4n) is 2.47. The number of anilines is 1. The summed E-state index contributed by atoms with van der Waals surface area (Å²) in [6.07, 6.45) is 2.90. The molecule has 0 bridgehead atoms. The number of rotatable bonds is 4. The van der Waals surface area contributed by atoms with Gasteiger partial charge in [0.15, 0.2) is 0 Å². The molecule has 2 atom stereocenters. The number of nitrogens with two attached hydrogens (primary N) is 2. The number of carbonyl (C=O) groups is 2.